The lowest BCUT2D eigenvalue weighted by atomic mass is 9.79. The van der Waals surface area contributed by atoms with Crippen molar-refractivity contribution in [1.82, 2.24) is 15.3 Å². The van der Waals surface area contributed by atoms with Gasteiger partial charge in [0.1, 0.15) is 12.2 Å². The standard InChI is InChI=1S/C23H28N4O5S/c28-18(10-23(11-19(29)30)6-1-2-7-23)25-15-12-31-21-16(13-32-20(15)21)27-22-24-8-5-14(26-22)17-4-3-9-33-17/h3-5,8-9,15-16,20-21H,1-2,6-7,10-13H2,(H,25,28)(H,29,30)(H,24,26,27)/t15-,16+,20-,21+/m0/s1. The topological polar surface area (TPSA) is 123 Å². The third-order valence-electron chi connectivity index (χ3n) is 6.87. The van der Waals surface area contributed by atoms with Gasteiger partial charge in [0.15, 0.2) is 0 Å². The number of rotatable bonds is 8. The van der Waals surface area contributed by atoms with Crippen LogP contribution in [0.1, 0.15) is 38.5 Å². The zero-order valence-corrected chi connectivity index (χ0v) is 19.1. The van der Waals surface area contributed by atoms with Crippen LogP contribution in [0.3, 0.4) is 0 Å². The number of carbonyl (C=O) groups excluding carboxylic acids is 1. The smallest absolute Gasteiger partial charge is 0.303 e. The Hall–Kier alpha value is -2.56. The summed E-state index contributed by atoms with van der Waals surface area (Å²) in [4.78, 5) is 34.1. The Morgan fingerprint density at radius 1 is 1.12 bits per heavy atom. The van der Waals surface area contributed by atoms with E-state index >= 15 is 0 Å². The van der Waals surface area contributed by atoms with Gasteiger partial charge >= 0.3 is 5.97 Å². The summed E-state index contributed by atoms with van der Waals surface area (Å²) in [6.07, 6.45) is 5.05. The fourth-order valence-corrected chi connectivity index (χ4v) is 6.06. The van der Waals surface area contributed by atoms with E-state index in [1.165, 1.54) is 0 Å². The first-order valence-electron chi connectivity index (χ1n) is 11.4. The van der Waals surface area contributed by atoms with Crippen LogP contribution in [0.5, 0.6) is 0 Å². The second-order valence-corrected chi connectivity index (χ2v) is 10.2. The summed E-state index contributed by atoms with van der Waals surface area (Å²) in [7, 11) is 0. The summed E-state index contributed by atoms with van der Waals surface area (Å²) in [6.45, 7) is 0.790. The fraction of sp³-hybridized carbons (Fsp3) is 0.565. The quantitative estimate of drug-likeness (QED) is 0.536. The second kappa shape index (κ2) is 9.36. The molecule has 4 atom stereocenters. The molecule has 2 aliphatic heterocycles. The predicted octanol–water partition coefficient (Wildman–Crippen LogP) is 2.69. The Morgan fingerprint density at radius 3 is 2.61 bits per heavy atom. The van der Waals surface area contributed by atoms with Crippen LogP contribution in [0.15, 0.2) is 29.8 Å². The van der Waals surface area contributed by atoms with Gasteiger partial charge in [-0.25, -0.2) is 9.97 Å². The maximum Gasteiger partial charge on any atom is 0.303 e. The van der Waals surface area contributed by atoms with Gasteiger partial charge in [0.05, 0.1) is 42.3 Å². The van der Waals surface area contributed by atoms with Crippen molar-refractivity contribution in [3.8, 4) is 10.6 Å². The highest BCUT2D eigenvalue weighted by molar-refractivity contribution is 7.13. The van der Waals surface area contributed by atoms with Crippen molar-refractivity contribution in [3.05, 3.63) is 29.8 Å². The Morgan fingerprint density at radius 2 is 1.88 bits per heavy atom. The molecule has 0 radical (unpaired) electrons. The van der Waals surface area contributed by atoms with Crippen LogP contribution < -0.4 is 10.6 Å². The summed E-state index contributed by atoms with van der Waals surface area (Å²) < 4.78 is 12.0. The lowest BCUT2D eigenvalue weighted by Gasteiger charge is -2.27. The molecule has 3 fully saturated rings. The van der Waals surface area contributed by atoms with Gasteiger partial charge in [-0.05, 0) is 35.8 Å². The number of hydrogen-bond donors (Lipinski definition) is 3. The van der Waals surface area contributed by atoms with Gasteiger partial charge in [-0.3, -0.25) is 9.59 Å². The minimum absolute atomic E-state index is 0.0423. The Bertz CT molecular complexity index is 994. The van der Waals surface area contributed by atoms with Crippen molar-refractivity contribution >= 4 is 29.2 Å². The minimum atomic E-state index is -0.840. The zero-order chi connectivity index (χ0) is 22.8. The van der Waals surface area contributed by atoms with Crippen molar-refractivity contribution in [3.63, 3.8) is 0 Å². The van der Waals surface area contributed by atoms with Crippen LogP contribution in [0.4, 0.5) is 5.95 Å². The average Bonchev–Trinajstić information content (AvgIpc) is 3.56. The minimum Gasteiger partial charge on any atom is -0.481 e. The molecule has 33 heavy (non-hydrogen) atoms. The number of amides is 1. The van der Waals surface area contributed by atoms with Crippen molar-refractivity contribution in [2.45, 2.75) is 62.8 Å². The Labute approximate surface area is 195 Å². The van der Waals surface area contributed by atoms with E-state index in [2.05, 4.69) is 20.6 Å². The highest BCUT2D eigenvalue weighted by atomic mass is 32.1. The number of aromatic nitrogens is 2. The molecule has 0 bridgehead atoms. The molecule has 3 aliphatic rings. The van der Waals surface area contributed by atoms with Gasteiger partial charge in [-0.15, -0.1) is 11.3 Å². The predicted molar refractivity (Wildman–Crippen MR) is 122 cm³/mol. The van der Waals surface area contributed by atoms with E-state index in [0.29, 0.717) is 19.2 Å². The number of anilines is 1. The summed E-state index contributed by atoms with van der Waals surface area (Å²) in [5, 5.41) is 17.7. The van der Waals surface area contributed by atoms with Crippen LogP contribution in [-0.2, 0) is 19.1 Å². The van der Waals surface area contributed by atoms with Gasteiger partial charge in [0.25, 0.3) is 0 Å². The average molecular weight is 473 g/mol. The number of thiophene rings is 1. The van der Waals surface area contributed by atoms with Crippen LogP contribution in [0.2, 0.25) is 0 Å². The molecule has 9 nitrogen and oxygen atoms in total. The molecular formula is C23H28N4O5S. The number of carbonyl (C=O) groups is 2. The SMILES string of the molecule is O=C(O)CC1(CC(=O)N[C@H]2CO[C@H]3[C@H]2OC[C@H]3Nc2nccc(-c3cccs3)n2)CCCC1. The molecule has 0 aromatic carbocycles. The number of fused-ring (bicyclic) bond motifs is 1. The van der Waals surface area contributed by atoms with Crippen LogP contribution in [0, 0.1) is 5.41 Å². The summed E-state index contributed by atoms with van der Waals surface area (Å²) in [5.74, 6) is -0.449. The maximum absolute atomic E-state index is 12.8. The number of carboxylic acid groups (broad SMARTS) is 1. The molecule has 10 heteroatoms. The lowest BCUT2D eigenvalue weighted by Crippen LogP contribution is -2.46. The zero-order valence-electron chi connectivity index (χ0n) is 18.2. The molecule has 2 aromatic rings. The number of nitrogens with one attached hydrogen (secondary N) is 2. The largest absolute Gasteiger partial charge is 0.481 e. The van der Waals surface area contributed by atoms with E-state index in [9.17, 15) is 14.7 Å². The number of hydrogen-bond acceptors (Lipinski definition) is 8. The highest BCUT2D eigenvalue weighted by Crippen LogP contribution is 2.44. The molecule has 5 rings (SSSR count). The molecular weight excluding hydrogens is 444 g/mol. The van der Waals surface area contributed by atoms with Gasteiger partial charge < -0.3 is 25.2 Å². The fourth-order valence-electron chi connectivity index (χ4n) is 5.36. The number of aliphatic carboxylic acids is 1. The van der Waals surface area contributed by atoms with E-state index in [0.717, 1.165) is 36.3 Å². The molecule has 1 amide bonds. The van der Waals surface area contributed by atoms with Crippen LogP contribution >= 0.6 is 11.3 Å². The molecule has 1 saturated carbocycles. The Kier molecular flexibility index (Phi) is 6.31. The first-order valence-corrected chi connectivity index (χ1v) is 12.3. The van der Waals surface area contributed by atoms with Crippen LogP contribution in [0.25, 0.3) is 10.6 Å². The molecule has 1 aliphatic carbocycles. The normalized spacial score (nSPS) is 27.9. The van der Waals surface area contributed by atoms with Gasteiger partial charge in [0, 0.05) is 12.6 Å². The summed E-state index contributed by atoms with van der Waals surface area (Å²) in [6, 6.07) is 5.51. The summed E-state index contributed by atoms with van der Waals surface area (Å²) in [5.41, 5.74) is 0.429. The number of carboxylic acids is 1. The van der Waals surface area contributed by atoms with Gasteiger partial charge in [-0.2, -0.15) is 0 Å². The van der Waals surface area contributed by atoms with Gasteiger partial charge in [-0.1, -0.05) is 18.9 Å². The molecule has 4 heterocycles. The van der Waals surface area contributed by atoms with E-state index in [4.69, 9.17) is 9.47 Å². The number of nitrogens with zero attached hydrogens (tertiary/aromatic N) is 2. The molecule has 0 unspecified atom stereocenters. The van der Waals surface area contributed by atoms with Gasteiger partial charge in [0.2, 0.25) is 11.9 Å². The molecule has 2 aromatic heterocycles. The summed E-state index contributed by atoms with van der Waals surface area (Å²) >= 11 is 1.62. The molecule has 3 N–H and O–H groups in total. The van der Waals surface area contributed by atoms with Crippen molar-refractivity contribution < 1.29 is 24.2 Å². The van der Waals surface area contributed by atoms with E-state index in [-0.39, 0.29) is 43.0 Å². The van der Waals surface area contributed by atoms with Crippen molar-refractivity contribution in [2.24, 2.45) is 5.41 Å². The van der Waals surface area contributed by atoms with E-state index in [1.807, 2.05) is 23.6 Å². The molecule has 0 spiro atoms. The molecule has 176 valence electrons. The third-order valence-corrected chi connectivity index (χ3v) is 7.76. The third kappa shape index (κ3) is 4.87. The first kappa shape index (κ1) is 22.2. The maximum atomic E-state index is 12.8. The number of ether oxygens (including phenoxy) is 2. The highest BCUT2D eigenvalue weighted by Gasteiger charge is 2.49. The Balaban J connectivity index is 1.18. The first-order chi connectivity index (χ1) is 16.0. The van der Waals surface area contributed by atoms with E-state index in [1.54, 1.807) is 17.5 Å². The lowest BCUT2D eigenvalue weighted by molar-refractivity contribution is -0.140. The molecule has 2 saturated heterocycles. The van der Waals surface area contributed by atoms with Crippen molar-refractivity contribution in [1.29, 1.82) is 0 Å². The van der Waals surface area contributed by atoms with E-state index < -0.39 is 11.4 Å². The van der Waals surface area contributed by atoms with Crippen molar-refractivity contribution in [2.75, 3.05) is 18.5 Å². The monoisotopic (exact) mass is 472 g/mol. The second-order valence-electron chi connectivity index (χ2n) is 9.22. The van der Waals surface area contributed by atoms with Crippen LogP contribution in [-0.4, -0.2) is 64.5 Å².